The summed E-state index contributed by atoms with van der Waals surface area (Å²) >= 11 is 1.75. The van der Waals surface area contributed by atoms with E-state index in [0.717, 1.165) is 69.5 Å². The molecule has 152 valence electrons. The zero-order valence-electron chi connectivity index (χ0n) is 17.1. The van der Waals surface area contributed by atoms with Crippen LogP contribution in [-0.2, 0) is 12.8 Å². The van der Waals surface area contributed by atoms with Gasteiger partial charge in [0.05, 0.1) is 17.8 Å². The van der Waals surface area contributed by atoms with Gasteiger partial charge < -0.3 is 19.9 Å². The van der Waals surface area contributed by atoms with Gasteiger partial charge in [-0.05, 0) is 37.6 Å². The van der Waals surface area contributed by atoms with Crippen molar-refractivity contribution in [3.63, 3.8) is 0 Å². The average molecular weight is 402 g/mol. The largest absolute Gasteiger partial charge is 0.497 e. The van der Waals surface area contributed by atoms with Gasteiger partial charge in [0.25, 0.3) is 0 Å². The number of aryl methyl sites for hydroxylation is 1. The first-order chi connectivity index (χ1) is 13.7. The van der Waals surface area contributed by atoms with E-state index in [-0.39, 0.29) is 0 Å². The Labute approximate surface area is 172 Å². The van der Waals surface area contributed by atoms with Crippen LogP contribution < -0.4 is 15.0 Å². The lowest BCUT2D eigenvalue weighted by Crippen LogP contribution is -2.52. The second kappa shape index (κ2) is 10.3. The highest BCUT2D eigenvalue weighted by atomic mass is 32.1. The van der Waals surface area contributed by atoms with Crippen LogP contribution in [0, 0.1) is 0 Å². The molecule has 3 rings (SSSR count). The number of ether oxygens (including phenoxy) is 1. The molecule has 0 radical (unpaired) electrons. The first-order valence-corrected chi connectivity index (χ1v) is 11.0. The van der Waals surface area contributed by atoms with E-state index in [1.807, 2.05) is 12.1 Å². The van der Waals surface area contributed by atoms with E-state index in [1.165, 1.54) is 10.7 Å². The molecule has 2 heterocycles. The summed E-state index contributed by atoms with van der Waals surface area (Å²) in [5.41, 5.74) is 2.41. The number of rotatable bonds is 7. The van der Waals surface area contributed by atoms with Crippen LogP contribution in [0.4, 0.5) is 5.69 Å². The monoisotopic (exact) mass is 401 g/mol. The molecule has 1 aromatic heterocycles. The lowest BCUT2D eigenvalue weighted by molar-refractivity contribution is 0.372. The number of nitrogens with zero attached hydrogens (tertiary/aromatic N) is 4. The van der Waals surface area contributed by atoms with Gasteiger partial charge in [-0.15, -0.1) is 11.3 Å². The third-order valence-corrected chi connectivity index (χ3v) is 5.92. The summed E-state index contributed by atoms with van der Waals surface area (Å²) in [6, 6.07) is 8.31. The lowest BCUT2D eigenvalue weighted by atomic mass is 10.2. The minimum Gasteiger partial charge on any atom is -0.497 e. The second-order valence-corrected chi connectivity index (χ2v) is 7.69. The summed E-state index contributed by atoms with van der Waals surface area (Å²) in [6.07, 6.45) is 1.91. The Morgan fingerprint density at radius 2 is 1.93 bits per heavy atom. The van der Waals surface area contributed by atoms with Crippen LogP contribution in [0.3, 0.4) is 0 Å². The number of thiazole rings is 1. The van der Waals surface area contributed by atoms with E-state index >= 15 is 0 Å². The Kier molecular flexibility index (Phi) is 7.54. The van der Waals surface area contributed by atoms with Crippen LogP contribution in [-0.4, -0.2) is 62.2 Å². The van der Waals surface area contributed by atoms with E-state index < -0.39 is 0 Å². The van der Waals surface area contributed by atoms with Crippen molar-refractivity contribution >= 4 is 23.0 Å². The predicted octanol–water partition coefficient (Wildman–Crippen LogP) is 3.04. The minimum absolute atomic E-state index is 0.772. The van der Waals surface area contributed by atoms with Gasteiger partial charge in [0.2, 0.25) is 0 Å². The summed E-state index contributed by atoms with van der Waals surface area (Å²) in [4.78, 5) is 14.3. The number of anilines is 1. The van der Waals surface area contributed by atoms with Crippen LogP contribution in [0.1, 0.15) is 24.5 Å². The number of hydrogen-bond donors (Lipinski definition) is 1. The molecule has 7 heteroatoms. The number of piperazine rings is 1. The summed E-state index contributed by atoms with van der Waals surface area (Å²) in [5.74, 6) is 1.91. The Balaban J connectivity index is 1.54. The maximum atomic E-state index is 5.25. The van der Waals surface area contributed by atoms with E-state index in [9.17, 15) is 0 Å². The first kappa shape index (κ1) is 20.5. The predicted molar refractivity (Wildman–Crippen MR) is 118 cm³/mol. The quantitative estimate of drug-likeness (QED) is 0.571. The molecular weight excluding hydrogens is 370 g/mol. The van der Waals surface area contributed by atoms with Crippen LogP contribution >= 0.6 is 11.3 Å². The number of guanidine groups is 1. The van der Waals surface area contributed by atoms with Gasteiger partial charge >= 0.3 is 0 Å². The smallest absolute Gasteiger partial charge is 0.194 e. The molecule has 1 aliphatic heterocycles. The zero-order chi connectivity index (χ0) is 19.8. The summed E-state index contributed by atoms with van der Waals surface area (Å²) in [7, 11) is 1.70. The Bertz CT molecular complexity index is 750. The van der Waals surface area contributed by atoms with Crippen molar-refractivity contribution in [2.75, 3.05) is 51.3 Å². The standard InChI is InChI=1S/C21H31N5OS/c1-4-20-24-17(16-28-20)10-11-23-21(22-5-2)26-14-12-25(13-15-26)18-6-8-19(27-3)9-7-18/h6-9,16H,4-5,10-15H2,1-3H3,(H,22,23). The average Bonchev–Trinajstić information content (AvgIpc) is 3.21. The Morgan fingerprint density at radius 1 is 1.18 bits per heavy atom. The first-order valence-electron chi connectivity index (χ1n) is 10.1. The molecule has 0 atom stereocenters. The lowest BCUT2D eigenvalue weighted by Gasteiger charge is -2.37. The number of nitrogens with one attached hydrogen (secondary N) is 1. The molecule has 1 aliphatic rings. The van der Waals surface area contributed by atoms with Crippen molar-refractivity contribution in [1.82, 2.24) is 15.2 Å². The van der Waals surface area contributed by atoms with Gasteiger partial charge in [-0.2, -0.15) is 0 Å². The van der Waals surface area contributed by atoms with Gasteiger partial charge in [-0.25, -0.2) is 4.98 Å². The molecule has 1 aromatic carbocycles. The summed E-state index contributed by atoms with van der Waals surface area (Å²) in [6.45, 7) is 9.84. The van der Waals surface area contributed by atoms with Crippen LogP contribution in [0.2, 0.25) is 0 Å². The zero-order valence-corrected chi connectivity index (χ0v) is 18.0. The minimum atomic E-state index is 0.772. The molecule has 0 unspecified atom stereocenters. The molecule has 1 N–H and O–H groups in total. The number of methoxy groups -OCH3 is 1. The van der Waals surface area contributed by atoms with Gasteiger partial charge in [-0.3, -0.25) is 4.99 Å². The number of hydrogen-bond acceptors (Lipinski definition) is 5. The van der Waals surface area contributed by atoms with Gasteiger partial charge in [0, 0.05) is 56.8 Å². The third-order valence-electron chi connectivity index (χ3n) is 4.88. The third kappa shape index (κ3) is 5.38. The second-order valence-electron chi connectivity index (χ2n) is 6.74. The van der Waals surface area contributed by atoms with Gasteiger partial charge in [0.15, 0.2) is 5.96 Å². The molecule has 6 nitrogen and oxygen atoms in total. The maximum absolute atomic E-state index is 5.25. The molecule has 28 heavy (non-hydrogen) atoms. The fourth-order valence-corrected chi connectivity index (χ4v) is 4.08. The van der Waals surface area contributed by atoms with Crippen molar-refractivity contribution in [3.8, 4) is 5.75 Å². The highest BCUT2D eigenvalue weighted by Crippen LogP contribution is 2.20. The molecule has 0 aliphatic carbocycles. The molecule has 0 amide bonds. The fourth-order valence-electron chi connectivity index (χ4n) is 3.30. The molecule has 0 saturated carbocycles. The SMILES string of the molecule is CCNC(=NCCc1csc(CC)n1)N1CCN(c2ccc(OC)cc2)CC1. The summed E-state index contributed by atoms with van der Waals surface area (Å²) < 4.78 is 5.25. The van der Waals surface area contributed by atoms with Crippen LogP contribution in [0.5, 0.6) is 5.75 Å². The molecule has 1 saturated heterocycles. The van der Waals surface area contributed by atoms with Gasteiger partial charge in [0.1, 0.15) is 5.75 Å². The normalized spacial score (nSPS) is 15.0. The van der Waals surface area contributed by atoms with E-state index in [1.54, 1.807) is 18.4 Å². The van der Waals surface area contributed by atoms with Crippen molar-refractivity contribution in [2.24, 2.45) is 4.99 Å². The molecule has 0 bridgehead atoms. The number of aromatic nitrogens is 1. The molecule has 2 aromatic rings. The highest BCUT2D eigenvalue weighted by molar-refractivity contribution is 7.09. The number of benzene rings is 1. The number of aliphatic imine (C=N–C) groups is 1. The Morgan fingerprint density at radius 3 is 2.54 bits per heavy atom. The molecule has 0 spiro atoms. The van der Waals surface area contributed by atoms with Crippen molar-refractivity contribution in [3.05, 3.63) is 40.3 Å². The molecular formula is C21H31N5OS. The van der Waals surface area contributed by atoms with E-state index in [0.29, 0.717) is 0 Å². The topological polar surface area (TPSA) is 53.0 Å². The highest BCUT2D eigenvalue weighted by Gasteiger charge is 2.19. The van der Waals surface area contributed by atoms with Crippen molar-refractivity contribution in [1.29, 1.82) is 0 Å². The van der Waals surface area contributed by atoms with Gasteiger partial charge in [-0.1, -0.05) is 6.92 Å². The fraction of sp³-hybridized carbons (Fsp3) is 0.524. The van der Waals surface area contributed by atoms with Crippen molar-refractivity contribution in [2.45, 2.75) is 26.7 Å². The molecule has 1 fully saturated rings. The Hall–Kier alpha value is -2.28. The van der Waals surface area contributed by atoms with Crippen LogP contribution in [0.15, 0.2) is 34.6 Å². The van der Waals surface area contributed by atoms with Crippen molar-refractivity contribution < 1.29 is 4.74 Å². The van der Waals surface area contributed by atoms with Crippen LogP contribution in [0.25, 0.3) is 0 Å². The van der Waals surface area contributed by atoms with E-state index in [4.69, 9.17) is 9.73 Å². The van der Waals surface area contributed by atoms with E-state index in [2.05, 4.69) is 51.5 Å². The maximum Gasteiger partial charge on any atom is 0.194 e. The summed E-state index contributed by atoms with van der Waals surface area (Å²) in [5, 5.41) is 6.82.